The zero-order valence-electron chi connectivity index (χ0n) is 20.7. The van der Waals surface area contributed by atoms with Crippen LogP contribution in [0.3, 0.4) is 0 Å². The van der Waals surface area contributed by atoms with Crippen molar-refractivity contribution in [1.82, 2.24) is 9.80 Å². The molecule has 0 aliphatic carbocycles. The van der Waals surface area contributed by atoms with E-state index < -0.39 is 38.6 Å². The Morgan fingerprint density at radius 1 is 1.26 bits per heavy atom. The van der Waals surface area contributed by atoms with Gasteiger partial charge in [-0.3, -0.25) is 29.4 Å². The van der Waals surface area contributed by atoms with Gasteiger partial charge in [-0.15, -0.1) is 23.1 Å². The molecular weight excluding hydrogens is 614 g/mol. The van der Waals surface area contributed by atoms with Crippen LogP contribution in [0.1, 0.15) is 40.8 Å². The van der Waals surface area contributed by atoms with Crippen molar-refractivity contribution in [2.75, 3.05) is 6.54 Å². The van der Waals surface area contributed by atoms with E-state index in [1.165, 1.54) is 66.1 Å². The summed E-state index contributed by atoms with van der Waals surface area (Å²) in [7, 11) is 0. The fourth-order valence-corrected chi connectivity index (χ4v) is 8.40. The van der Waals surface area contributed by atoms with Crippen LogP contribution < -0.4 is 0 Å². The van der Waals surface area contributed by atoms with E-state index in [1.807, 2.05) is 6.07 Å². The van der Waals surface area contributed by atoms with Crippen LogP contribution in [0, 0.1) is 10.1 Å². The monoisotopic (exact) mass is 635 g/mol. The highest BCUT2D eigenvalue weighted by Crippen LogP contribution is 2.59. The molecule has 1 saturated heterocycles. The largest absolute Gasteiger partial charge is 0.456 e. The number of β-lactam (4-membered cyclic amide) rings is 1. The van der Waals surface area contributed by atoms with E-state index in [-0.39, 0.29) is 23.9 Å². The van der Waals surface area contributed by atoms with Gasteiger partial charge in [-0.25, -0.2) is 4.79 Å². The molecule has 204 valence electrons. The highest BCUT2D eigenvalue weighted by molar-refractivity contribution is 9.10. The second kappa shape index (κ2) is 10.4. The summed E-state index contributed by atoms with van der Waals surface area (Å²) in [5, 5.41) is 11.8. The number of esters is 2. The first kappa shape index (κ1) is 27.3. The lowest BCUT2D eigenvalue weighted by molar-refractivity contribution is -0.384. The minimum Gasteiger partial charge on any atom is -0.456 e. The number of hydrogen-bond acceptors (Lipinski definition) is 10. The van der Waals surface area contributed by atoms with Crippen LogP contribution in [-0.4, -0.2) is 54.7 Å². The topological polar surface area (TPSA) is 136 Å². The van der Waals surface area contributed by atoms with Gasteiger partial charge in [0.15, 0.2) is 10.4 Å². The summed E-state index contributed by atoms with van der Waals surface area (Å²) in [6, 6.07) is 7.50. The number of nitrogens with zero attached hydrogens (tertiary/aromatic N) is 3. The quantitative estimate of drug-likeness (QED) is 0.146. The number of rotatable bonds is 7. The lowest BCUT2D eigenvalue weighted by atomic mass is 9.89. The summed E-state index contributed by atoms with van der Waals surface area (Å²) in [5.41, 5.74) is 1.51. The summed E-state index contributed by atoms with van der Waals surface area (Å²) in [4.78, 5) is 65.5. The molecule has 2 aromatic rings. The van der Waals surface area contributed by atoms with E-state index >= 15 is 0 Å². The van der Waals surface area contributed by atoms with E-state index in [0.29, 0.717) is 30.0 Å². The van der Waals surface area contributed by atoms with Gasteiger partial charge in [0.2, 0.25) is 5.91 Å². The molecule has 3 aliphatic heterocycles. The van der Waals surface area contributed by atoms with Gasteiger partial charge in [0.1, 0.15) is 17.7 Å². The zero-order valence-corrected chi connectivity index (χ0v) is 24.0. The minimum absolute atomic E-state index is 0.0202. The SMILES string of the molecule is CC(=O)OC(c1cc2c(s1)CCN(C(C)=O)C2)C1(Br)C(=O)N2C(C(=O)OCc3ccc([N+](=O)[O-])cc3)=CS[C@@H]21. The first-order chi connectivity index (χ1) is 18.5. The number of carbonyl (C=O) groups excluding carboxylic acids is 4. The molecule has 1 aromatic heterocycles. The molecule has 2 unspecified atom stereocenters. The van der Waals surface area contributed by atoms with Gasteiger partial charge < -0.3 is 14.4 Å². The first-order valence-corrected chi connectivity index (χ1v) is 14.4. The number of nitro benzene ring substituents is 1. The van der Waals surface area contributed by atoms with E-state index in [1.54, 1.807) is 10.3 Å². The maximum Gasteiger partial charge on any atom is 0.355 e. The lowest BCUT2D eigenvalue weighted by Gasteiger charge is -2.51. The van der Waals surface area contributed by atoms with Gasteiger partial charge in [-0.2, -0.15) is 0 Å². The Morgan fingerprint density at radius 2 is 1.97 bits per heavy atom. The fourth-order valence-electron chi connectivity index (χ4n) is 4.70. The number of benzene rings is 1. The van der Waals surface area contributed by atoms with Crippen molar-refractivity contribution in [2.24, 2.45) is 0 Å². The molecule has 4 heterocycles. The van der Waals surface area contributed by atoms with Gasteiger partial charge in [0.05, 0.1) is 4.92 Å². The molecule has 0 bridgehead atoms. The van der Waals surface area contributed by atoms with Crippen LogP contribution in [0.15, 0.2) is 41.4 Å². The van der Waals surface area contributed by atoms with Crippen molar-refractivity contribution < 1.29 is 33.6 Å². The van der Waals surface area contributed by atoms with Crippen LogP contribution in [0.2, 0.25) is 0 Å². The second-order valence-corrected chi connectivity index (χ2v) is 12.6. The predicted molar refractivity (Wildman–Crippen MR) is 144 cm³/mol. The summed E-state index contributed by atoms with van der Waals surface area (Å²) < 4.78 is 9.75. The Kier molecular flexibility index (Phi) is 7.29. The highest BCUT2D eigenvalue weighted by Gasteiger charge is 2.69. The molecule has 2 amide bonds. The number of non-ortho nitro benzene ring substituents is 1. The third kappa shape index (κ3) is 4.85. The summed E-state index contributed by atoms with van der Waals surface area (Å²) in [5.74, 6) is -1.74. The number of ether oxygens (including phenoxy) is 2. The van der Waals surface area contributed by atoms with Crippen LogP contribution >= 0.6 is 39.0 Å². The number of carbonyl (C=O) groups is 4. The fraction of sp³-hybridized carbons (Fsp3) is 0.360. The van der Waals surface area contributed by atoms with Crippen LogP contribution in [-0.2, 0) is 48.2 Å². The molecule has 0 spiro atoms. The molecule has 39 heavy (non-hydrogen) atoms. The Morgan fingerprint density at radius 3 is 2.62 bits per heavy atom. The summed E-state index contributed by atoms with van der Waals surface area (Å²) in [6.07, 6.45) is -0.270. The van der Waals surface area contributed by atoms with E-state index in [4.69, 9.17) is 9.47 Å². The molecule has 0 N–H and O–H groups in total. The van der Waals surface area contributed by atoms with Crippen molar-refractivity contribution in [3.8, 4) is 0 Å². The average molecular weight is 637 g/mol. The number of amides is 2. The van der Waals surface area contributed by atoms with E-state index in [0.717, 1.165) is 10.4 Å². The molecule has 1 aromatic carbocycles. The Labute approximate surface area is 239 Å². The number of nitro groups is 1. The highest BCUT2D eigenvalue weighted by atomic mass is 79.9. The lowest BCUT2D eigenvalue weighted by Crippen LogP contribution is -2.70. The molecule has 0 saturated carbocycles. The van der Waals surface area contributed by atoms with Crippen molar-refractivity contribution in [3.05, 3.63) is 72.4 Å². The van der Waals surface area contributed by atoms with Crippen molar-refractivity contribution in [1.29, 1.82) is 0 Å². The standard InChI is InChI=1S/C25H22BrN3O8S2/c1-13(30)27-8-7-19-16(10-27)9-20(39-19)21(37-14(2)31)25(26)23(33)28-18(12-38-24(25)28)22(32)36-11-15-3-5-17(6-4-15)29(34)35/h3-6,9,12,21,24H,7-8,10-11H2,1-2H3/t21?,24-,25?/m1/s1. The normalized spacial score (nSPS) is 22.3. The smallest absolute Gasteiger partial charge is 0.355 e. The number of fused-ring (bicyclic) bond motifs is 2. The first-order valence-electron chi connectivity index (χ1n) is 11.8. The van der Waals surface area contributed by atoms with Crippen molar-refractivity contribution >= 4 is 68.5 Å². The van der Waals surface area contributed by atoms with Crippen molar-refractivity contribution in [3.63, 3.8) is 0 Å². The molecule has 11 nitrogen and oxygen atoms in total. The molecule has 3 atom stereocenters. The van der Waals surface area contributed by atoms with Crippen molar-refractivity contribution in [2.45, 2.75) is 49.2 Å². The van der Waals surface area contributed by atoms with Gasteiger partial charge in [-0.05, 0) is 35.7 Å². The number of thiophene rings is 1. The molecule has 14 heteroatoms. The molecule has 3 aliphatic rings. The Balaban J connectivity index is 1.31. The van der Waals surface area contributed by atoms with Crippen LogP contribution in [0.5, 0.6) is 0 Å². The third-order valence-corrected chi connectivity index (χ3v) is 10.7. The number of hydrogen-bond donors (Lipinski definition) is 0. The zero-order chi connectivity index (χ0) is 28.1. The summed E-state index contributed by atoms with van der Waals surface area (Å²) >= 11 is 6.27. The molecule has 5 rings (SSSR count). The average Bonchev–Trinajstić information content (AvgIpc) is 3.52. The molecule has 0 radical (unpaired) electrons. The Hall–Kier alpha value is -3.23. The third-order valence-electron chi connectivity index (χ3n) is 6.69. The number of halogens is 1. The Bertz CT molecular complexity index is 1420. The van der Waals surface area contributed by atoms with Crippen LogP contribution in [0.25, 0.3) is 0 Å². The summed E-state index contributed by atoms with van der Waals surface area (Å²) in [6.45, 7) is 3.72. The number of thioether (sulfide) groups is 1. The molecule has 1 fully saturated rings. The minimum atomic E-state index is -1.31. The maximum atomic E-state index is 13.5. The number of alkyl halides is 1. The van der Waals surface area contributed by atoms with Gasteiger partial charge >= 0.3 is 11.9 Å². The maximum absolute atomic E-state index is 13.5. The van der Waals surface area contributed by atoms with Gasteiger partial charge in [0.25, 0.3) is 11.6 Å². The van der Waals surface area contributed by atoms with E-state index in [9.17, 15) is 29.3 Å². The van der Waals surface area contributed by atoms with Crippen LogP contribution in [0.4, 0.5) is 5.69 Å². The second-order valence-electron chi connectivity index (χ2n) is 9.21. The molecular formula is C25H22BrN3O8S2. The van der Waals surface area contributed by atoms with Gasteiger partial charge in [-0.1, -0.05) is 15.9 Å². The van der Waals surface area contributed by atoms with Gasteiger partial charge in [0, 0.05) is 54.2 Å². The van der Waals surface area contributed by atoms with E-state index in [2.05, 4.69) is 15.9 Å². The predicted octanol–water partition coefficient (Wildman–Crippen LogP) is 3.80.